The van der Waals surface area contributed by atoms with E-state index >= 15 is 0 Å². The second kappa shape index (κ2) is 9.14. The molecule has 0 fully saturated rings. The molecule has 0 aliphatic rings. The van der Waals surface area contributed by atoms with Crippen LogP contribution in [-0.2, 0) is 7.05 Å². The molecule has 176 valence electrons. The highest BCUT2D eigenvalue weighted by molar-refractivity contribution is 6.31. The number of nitrogens with one attached hydrogen (secondary N) is 1. The van der Waals surface area contributed by atoms with Crippen molar-refractivity contribution in [3.8, 4) is 5.75 Å². The summed E-state index contributed by atoms with van der Waals surface area (Å²) in [6.07, 6.45) is 2.51. The van der Waals surface area contributed by atoms with Crippen molar-refractivity contribution in [2.75, 3.05) is 5.32 Å². The standard InChI is InChI=1S/C23H23ClN6O4/c1-12-9-13(2)30(28-12)19(16-7-5-6-8-17(16)24)14(3)21-27-18(20(31)23(33)29(21)4)22(32)26-15-10-25-34-11-15/h5-11,14,19,31H,1-4H3,(H,26,32). The molecule has 2 N–H and O–H groups in total. The fourth-order valence-corrected chi connectivity index (χ4v) is 4.27. The monoisotopic (exact) mass is 482 g/mol. The van der Waals surface area contributed by atoms with Crippen LogP contribution in [0.25, 0.3) is 0 Å². The summed E-state index contributed by atoms with van der Waals surface area (Å²) in [5.74, 6) is -1.73. The van der Waals surface area contributed by atoms with E-state index in [0.717, 1.165) is 17.0 Å². The summed E-state index contributed by atoms with van der Waals surface area (Å²) in [6, 6.07) is 8.86. The number of rotatable bonds is 6. The number of aromatic nitrogens is 5. The van der Waals surface area contributed by atoms with E-state index in [9.17, 15) is 14.7 Å². The fraction of sp³-hybridized carbons (Fsp3) is 0.261. The van der Waals surface area contributed by atoms with Gasteiger partial charge in [0, 0.05) is 23.7 Å². The van der Waals surface area contributed by atoms with Crippen LogP contribution in [0.15, 0.2) is 52.1 Å². The molecule has 2 unspecified atom stereocenters. The molecule has 0 bridgehead atoms. The summed E-state index contributed by atoms with van der Waals surface area (Å²) in [6.45, 7) is 5.68. The van der Waals surface area contributed by atoms with E-state index in [-0.39, 0.29) is 11.5 Å². The van der Waals surface area contributed by atoms with Gasteiger partial charge in [-0.3, -0.25) is 18.8 Å². The van der Waals surface area contributed by atoms with E-state index in [1.807, 2.05) is 49.7 Å². The average Bonchev–Trinajstić information content (AvgIpc) is 3.42. The third kappa shape index (κ3) is 4.19. The highest BCUT2D eigenvalue weighted by Gasteiger charge is 2.31. The molecule has 3 aromatic heterocycles. The van der Waals surface area contributed by atoms with Gasteiger partial charge in [-0.15, -0.1) is 0 Å². The summed E-state index contributed by atoms with van der Waals surface area (Å²) in [5, 5.41) is 21.6. The number of nitrogens with zero attached hydrogens (tertiary/aromatic N) is 5. The zero-order valence-corrected chi connectivity index (χ0v) is 19.7. The Morgan fingerprint density at radius 2 is 2.00 bits per heavy atom. The number of benzene rings is 1. The Labute approximate surface area is 199 Å². The minimum Gasteiger partial charge on any atom is -0.501 e. The normalized spacial score (nSPS) is 13.0. The van der Waals surface area contributed by atoms with Gasteiger partial charge in [-0.2, -0.15) is 5.10 Å². The number of halogens is 1. The molecule has 1 amide bonds. The zero-order valence-electron chi connectivity index (χ0n) is 19.0. The van der Waals surface area contributed by atoms with Crippen LogP contribution in [0.4, 0.5) is 5.69 Å². The van der Waals surface area contributed by atoms with Crippen molar-refractivity contribution < 1.29 is 14.4 Å². The van der Waals surface area contributed by atoms with Crippen molar-refractivity contribution in [3.63, 3.8) is 0 Å². The largest absolute Gasteiger partial charge is 0.501 e. The molecular weight excluding hydrogens is 460 g/mol. The predicted octanol–water partition coefficient (Wildman–Crippen LogP) is 3.59. The third-order valence-corrected chi connectivity index (χ3v) is 5.96. The van der Waals surface area contributed by atoms with E-state index in [1.54, 1.807) is 6.07 Å². The number of hydrogen-bond acceptors (Lipinski definition) is 7. The van der Waals surface area contributed by atoms with Gasteiger partial charge >= 0.3 is 0 Å². The summed E-state index contributed by atoms with van der Waals surface area (Å²) in [4.78, 5) is 30.1. The van der Waals surface area contributed by atoms with Crippen molar-refractivity contribution in [2.24, 2.45) is 7.05 Å². The smallest absolute Gasteiger partial charge is 0.296 e. The Morgan fingerprint density at radius 3 is 2.62 bits per heavy atom. The van der Waals surface area contributed by atoms with Gasteiger partial charge < -0.3 is 14.9 Å². The summed E-state index contributed by atoms with van der Waals surface area (Å²) in [7, 11) is 1.49. The molecule has 4 aromatic rings. The van der Waals surface area contributed by atoms with Crippen molar-refractivity contribution in [1.29, 1.82) is 0 Å². The first kappa shape index (κ1) is 23.2. The second-order valence-electron chi connectivity index (χ2n) is 8.03. The number of aromatic hydroxyl groups is 1. The van der Waals surface area contributed by atoms with Crippen molar-refractivity contribution in [1.82, 2.24) is 24.5 Å². The molecule has 11 heteroatoms. The molecule has 0 aliphatic heterocycles. The predicted molar refractivity (Wildman–Crippen MR) is 125 cm³/mol. The Hall–Kier alpha value is -3.92. The molecule has 1 aromatic carbocycles. The van der Waals surface area contributed by atoms with Gasteiger partial charge in [-0.1, -0.05) is 41.9 Å². The van der Waals surface area contributed by atoms with Crippen molar-refractivity contribution >= 4 is 23.2 Å². The minimum absolute atomic E-state index is 0.262. The van der Waals surface area contributed by atoms with Gasteiger partial charge in [-0.05, 0) is 31.5 Å². The van der Waals surface area contributed by atoms with Crippen LogP contribution < -0.4 is 10.9 Å². The molecular formula is C23H23ClN6O4. The third-order valence-electron chi connectivity index (χ3n) is 5.62. The number of hydrogen-bond donors (Lipinski definition) is 2. The van der Waals surface area contributed by atoms with Crippen LogP contribution in [0, 0.1) is 13.8 Å². The molecule has 2 atom stereocenters. The van der Waals surface area contributed by atoms with Crippen LogP contribution in [-0.4, -0.2) is 35.5 Å². The topological polar surface area (TPSA) is 128 Å². The summed E-state index contributed by atoms with van der Waals surface area (Å²) < 4.78 is 7.76. The van der Waals surface area contributed by atoms with Crippen LogP contribution >= 0.6 is 11.6 Å². The second-order valence-corrected chi connectivity index (χ2v) is 8.43. The van der Waals surface area contributed by atoms with E-state index < -0.39 is 34.9 Å². The fourth-order valence-electron chi connectivity index (χ4n) is 4.03. The number of amides is 1. The quantitative estimate of drug-likeness (QED) is 0.429. The Balaban J connectivity index is 1.86. The van der Waals surface area contributed by atoms with E-state index in [4.69, 9.17) is 16.1 Å². The Bertz CT molecular complexity index is 1410. The maximum atomic E-state index is 12.9. The van der Waals surface area contributed by atoms with E-state index in [1.165, 1.54) is 24.1 Å². The molecule has 4 rings (SSSR count). The molecule has 0 saturated heterocycles. The molecule has 0 spiro atoms. The zero-order chi connectivity index (χ0) is 24.6. The minimum atomic E-state index is -0.771. The molecule has 10 nitrogen and oxygen atoms in total. The number of anilines is 1. The first-order valence-corrected chi connectivity index (χ1v) is 10.8. The lowest BCUT2D eigenvalue weighted by atomic mass is 9.93. The Morgan fingerprint density at radius 1 is 1.26 bits per heavy atom. The van der Waals surface area contributed by atoms with Gasteiger partial charge in [0.25, 0.3) is 11.5 Å². The summed E-state index contributed by atoms with van der Waals surface area (Å²) >= 11 is 6.57. The summed E-state index contributed by atoms with van der Waals surface area (Å²) in [5.41, 5.74) is 1.60. The van der Waals surface area contributed by atoms with Crippen LogP contribution in [0.5, 0.6) is 5.75 Å². The Kier molecular flexibility index (Phi) is 6.25. The molecule has 0 saturated carbocycles. The highest BCUT2D eigenvalue weighted by atomic mass is 35.5. The molecule has 34 heavy (non-hydrogen) atoms. The lowest BCUT2D eigenvalue weighted by molar-refractivity contribution is 0.101. The van der Waals surface area contributed by atoms with Crippen molar-refractivity contribution in [2.45, 2.75) is 32.7 Å². The molecule has 3 heterocycles. The number of carbonyl (C=O) groups is 1. The lowest BCUT2D eigenvalue weighted by Crippen LogP contribution is -2.31. The van der Waals surface area contributed by atoms with Gasteiger partial charge in [0.05, 0.1) is 17.9 Å². The number of aryl methyl sites for hydroxylation is 2. The number of carbonyl (C=O) groups excluding carboxylic acids is 1. The lowest BCUT2D eigenvalue weighted by Gasteiger charge is -2.28. The van der Waals surface area contributed by atoms with Gasteiger partial charge in [0.15, 0.2) is 5.69 Å². The average molecular weight is 483 g/mol. The SMILES string of the molecule is Cc1cc(C)n(C(c2ccccc2Cl)C(C)c2nc(C(=O)Nc3cnoc3)c(O)c(=O)n2C)n1. The van der Waals surface area contributed by atoms with Crippen LogP contribution in [0.2, 0.25) is 5.02 Å². The van der Waals surface area contributed by atoms with Gasteiger partial charge in [0.1, 0.15) is 17.8 Å². The van der Waals surface area contributed by atoms with Crippen LogP contribution in [0.1, 0.15) is 52.1 Å². The molecule has 0 aliphatic carbocycles. The van der Waals surface area contributed by atoms with Gasteiger partial charge in [0.2, 0.25) is 5.75 Å². The van der Waals surface area contributed by atoms with Crippen LogP contribution in [0.3, 0.4) is 0 Å². The maximum absolute atomic E-state index is 12.9. The van der Waals surface area contributed by atoms with E-state index in [0.29, 0.717) is 5.02 Å². The maximum Gasteiger partial charge on any atom is 0.296 e. The first-order chi connectivity index (χ1) is 16.2. The molecule has 0 radical (unpaired) electrons. The van der Waals surface area contributed by atoms with E-state index in [2.05, 4.69) is 20.6 Å². The first-order valence-electron chi connectivity index (χ1n) is 10.5. The van der Waals surface area contributed by atoms with Crippen molar-refractivity contribution in [3.05, 3.63) is 86.6 Å². The van der Waals surface area contributed by atoms with Gasteiger partial charge in [-0.25, -0.2) is 4.98 Å². The highest BCUT2D eigenvalue weighted by Crippen LogP contribution is 2.37.